The zero-order chi connectivity index (χ0) is 19.2. The SMILES string of the molecule is C=CCNC(=O)C(=O)NCC(c1ccc2c(c1)CCN2C)N1CCOCC1. The lowest BCUT2D eigenvalue weighted by molar-refractivity contribution is -0.139. The molecule has 7 nitrogen and oxygen atoms in total. The third kappa shape index (κ3) is 4.67. The van der Waals surface area contributed by atoms with Gasteiger partial charge in [-0.1, -0.05) is 18.2 Å². The number of amides is 2. The fraction of sp³-hybridized carbons (Fsp3) is 0.500. The molecule has 1 aromatic rings. The first-order chi connectivity index (χ1) is 13.1. The molecule has 2 aliphatic rings. The van der Waals surface area contributed by atoms with Crippen molar-refractivity contribution in [3.8, 4) is 0 Å². The van der Waals surface area contributed by atoms with E-state index in [1.54, 1.807) is 6.08 Å². The maximum absolute atomic E-state index is 12.1. The standard InChI is InChI=1S/C20H28N4O3/c1-3-7-21-19(25)20(26)22-14-18(24-9-11-27-12-10-24)15-4-5-17-16(13-15)6-8-23(17)2/h3-5,13,18H,1,6-12,14H2,2H3,(H,21,25)(H,22,26). The first kappa shape index (κ1) is 19.4. The van der Waals surface area contributed by atoms with E-state index in [4.69, 9.17) is 4.74 Å². The summed E-state index contributed by atoms with van der Waals surface area (Å²) >= 11 is 0. The highest BCUT2D eigenvalue weighted by molar-refractivity contribution is 6.35. The van der Waals surface area contributed by atoms with Crippen LogP contribution in [0.2, 0.25) is 0 Å². The van der Waals surface area contributed by atoms with Crippen molar-refractivity contribution in [1.29, 1.82) is 0 Å². The third-order valence-corrected chi connectivity index (χ3v) is 5.17. The molecule has 2 aliphatic heterocycles. The molecule has 1 saturated heterocycles. The van der Waals surface area contributed by atoms with E-state index < -0.39 is 11.8 Å². The zero-order valence-electron chi connectivity index (χ0n) is 15.9. The molecule has 0 radical (unpaired) electrons. The number of rotatable bonds is 6. The smallest absolute Gasteiger partial charge is 0.309 e. The van der Waals surface area contributed by atoms with Gasteiger partial charge < -0.3 is 20.3 Å². The Morgan fingerprint density at radius 3 is 2.70 bits per heavy atom. The number of likely N-dealkylation sites (N-methyl/N-ethyl adjacent to an activating group) is 1. The van der Waals surface area contributed by atoms with Gasteiger partial charge in [-0.25, -0.2) is 0 Å². The van der Waals surface area contributed by atoms with Crippen LogP contribution in [-0.4, -0.2) is 69.7 Å². The number of anilines is 1. The van der Waals surface area contributed by atoms with Gasteiger partial charge in [-0.15, -0.1) is 6.58 Å². The van der Waals surface area contributed by atoms with Crippen LogP contribution in [0.4, 0.5) is 5.69 Å². The van der Waals surface area contributed by atoms with Gasteiger partial charge in [-0.3, -0.25) is 14.5 Å². The first-order valence-electron chi connectivity index (χ1n) is 9.43. The molecule has 7 heteroatoms. The summed E-state index contributed by atoms with van der Waals surface area (Å²) in [6.45, 7) is 8.19. The average molecular weight is 372 g/mol. The van der Waals surface area contributed by atoms with E-state index in [0.717, 1.165) is 31.6 Å². The van der Waals surface area contributed by atoms with Crippen LogP contribution in [0.1, 0.15) is 17.2 Å². The van der Waals surface area contributed by atoms with Crippen LogP contribution < -0.4 is 15.5 Å². The second kappa shape index (κ2) is 9.01. The quantitative estimate of drug-likeness (QED) is 0.561. The Labute approximate surface area is 160 Å². The van der Waals surface area contributed by atoms with Gasteiger partial charge in [0.05, 0.1) is 19.3 Å². The molecule has 0 aromatic heterocycles. The minimum atomic E-state index is -0.633. The van der Waals surface area contributed by atoms with E-state index in [1.807, 2.05) is 0 Å². The molecular formula is C20H28N4O3. The van der Waals surface area contributed by atoms with E-state index in [9.17, 15) is 9.59 Å². The molecule has 2 N–H and O–H groups in total. The molecule has 0 saturated carbocycles. The number of nitrogens with one attached hydrogen (secondary N) is 2. The van der Waals surface area contributed by atoms with Gasteiger partial charge in [0.25, 0.3) is 0 Å². The Morgan fingerprint density at radius 2 is 1.96 bits per heavy atom. The normalized spacial score (nSPS) is 17.9. The lowest BCUT2D eigenvalue weighted by atomic mass is 10.0. The summed E-state index contributed by atoms with van der Waals surface area (Å²) < 4.78 is 5.47. The molecule has 1 atom stereocenters. The van der Waals surface area contributed by atoms with Crippen LogP contribution in [0, 0.1) is 0 Å². The molecule has 1 aromatic carbocycles. The van der Waals surface area contributed by atoms with Crippen molar-refractivity contribution in [2.45, 2.75) is 12.5 Å². The zero-order valence-corrected chi connectivity index (χ0v) is 15.9. The van der Waals surface area contributed by atoms with E-state index in [-0.39, 0.29) is 12.6 Å². The maximum Gasteiger partial charge on any atom is 0.309 e. The summed E-state index contributed by atoms with van der Waals surface area (Å²) in [7, 11) is 2.10. The highest BCUT2D eigenvalue weighted by Crippen LogP contribution is 2.31. The molecular weight excluding hydrogens is 344 g/mol. The fourth-order valence-corrected chi connectivity index (χ4v) is 3.66. The number of morpholine rings is 1. The third-order valence-electron chi connectivity index (χ3n) is 5.17. The minimum Gasteiger partial charge on any atom is -0.379 e. The second-order valence-corrected chi connectivity index (χ2v) is 6.93. The van der Waals surface area contributed by atoms with Crippen LogP contribution >= 0.6 is 0 Å². The first-order valence-corrected chi connectivity index (χ1v) is 9.43. The Morgan fingerprint density at radius 1 is 1.22 bits per heavy atom. The van der Waals surface area contributed by atoms with Crippen LogP contribution in [0.15, 0.2) is 30.9 Å². The van der Waals surface area contributed by atoms with Crippen molar-refractivity contribution in [3.63, 3.8) is 0 Å². The topological polar surface area (TPSA) is 73.9 Å². The van der Waals surface area contributed by atoms with Crippen LogP contribution in [0.5, 0.6) is 0 Å². The molecule has 0 bridgehead atoms. The summed E-state index contributed by atoms with van der Waals surface area (Å²) in [5, 5.41) is 5.29. The summed E-state index contributed by atoms with van der Waals surface area (Å²) in [6.07, 6.45) is 2.58. The Bertz CT molecular complexity index is 700. The molecule has 2 amide bonds. The molecule has 27 heavy (non-hydrogen) atoms. The van der Waals surface area contributed by atoms with Gasteiger partial charge in [0.15, 0.2) is 0 Å². The summed E-state index contributed by atoms with van der Waals surface area (Å²) in [5.41, 5.74) is 3.77. The predicted octanol–water partition coefficient (Wildman–Crippen LogP) is 0.471. The van der Waals surface area contributed by atoms with Gasteiger partial charge in [0.2, 0.25) is 0 Å². The second-order valence-electron chi connectivity index (χ2n) is 6.93. The van der Waals surface area contributed by atoms with E-state index in [2.05, 4.69) is 52.3 Å². The highest BCUT2D eigenvalue weighted by Gasteiger charge is 2.26. The Kier molecular flexibility index (Phi) is 6.47. The van der Waals surface area contributed by atoms with Crippen molar-refractivity contribution < 1.29 is 14.3 Å². The lowest BCUT2D eigenvalue weighted by Crippen LogP contribution is -2.46. The number of carbonyl (C=O) groups is 2. The summed E-state index contributed by atoms with van der Waals surface area (Å²) in [6, 6.07) is 6.54. The minimum absolute atomic E-state index is 0.0151. The largest absolute Gasteiger partial charge is 0.379 e. The average Bonchev–Trinajstić information content (AvgIpc) is 3.07. The number of nitrogens with zero attached hydrogens (tertiary/aromatic N) is 2. The van der Waals surface area contributed by atoms with Crippen LogP contribution in [0.25, 0.3) is 0 Å². The summed E-state index contributed by atoms with van der Waals surface area (Å²) in [5.74, 6) is -1.25. The predicted molar refractivity (Wildman–Crippen MR) is 105 cm³/mol. The van der Waals surface area contributed by atoms with Crippen molar-refractivity contribution >= 4 is 17.5 Å². The van der Waals surface area contributed by atoms with E-state index in [0.29, 0.717) is 19.8 Å². The molecule has 3 rings (SSSR count). The van der Waals surface area contributed by atoms with Gasteiger partial charge in [0, 0.05) is 45.5 Å². The van der Waals surface area contributed by atoms with Crippen molar-refractivity contribution in [3.05, 3.63) is 42.0 Å². The maximum atomic E-state index is 12.1. The van der Waals surface area contributed by atoms with Gasteiger partial charge in [-0.2, -0.15) is 0 Å². The van der Waals surface area contributed by atoms with Gasteiger partial charge >= 0.3 is 11.8 Å². The molecule has 0 aliphatic carbocycles. The summed E-state index contributed by atoms with van der Waals surface area (Å²) in [4.78, 5) is 28.5. The molecule has 0 spiro atoms. The number of hydrogen-bond donors (Lipinski definition) is 2. The number of ether oxygens (including phenoxy) is 1. The van der Waals surface area contributed by atoms with Crippen molar-refractivity contribution in [2.24, 2.45) is 0 Å². The van der Waals surface area contributed by atoms with Crippen molar-refractivity contribution in [2.75, 3.05) is 57.9 Å². The number of hydrogen-bond acceptors (Lipinski definition) is 5. The van der Waals surface area contributed by atoms with E-state index in [1.165, 1.54) is 11.3 Å². The van der Waals surface area contributed by atoms with Gasteiger partial charge in [-0.05, 0) is 23.6 Å². The van der Waals surface area contributed by atoms with Crippen LogP contribution in [0.3, 0.4) is 0 Å². The fourth-order valence-electron chi connectivity index (χ4n) is 3.66. The Hall–Kier alpha value is -2.38. The molecule has 2 heterocycles. The van der Waals surface area contributed by atoms with Crippen molar-refractivity contribution in [1.82, 2.24) is 15.5 Å². The lowest BCUT2D eigenvalue weighted by Gasteiger charge is -2.35. The highest BCUT2D eigenvalue weighted by atomic mass is 16.5. The van der Waals surface area contributed by atoms with Gasteiger partial charge in [0.1, 0.15) is 0 Å². The van der Waals surface area contributed by atoms with E-state index >= 15 is 0 Å². The number of benzene rings is 1. The Balaban J connectivity index is 1.72. The molecule has 1 fully saturated rings. The number of fused-ring (bicyclic) bond motifs is 1. The molecule has 1 unspecified atom stereocenters. The monoisotopic (exact) mass is 372 g/mol. The molecule has 146 valence electrons. The number of carbonyl (C=O) groups excluding carboxylic acids is 2. The van der Waals surface area contributed by atoms with Crippen LogP contribution in [-0.2, 0) is 20.7 Å².